The SMILES string of the molecule is CSc1cccc(NCc2ccn(C)n2)c1C#N. The van der Waals surface area contributed by atoms with E-state index < -0.39 is 0 Å². The molecule has 0 spiro atoms. The van der Waals surface area contributed by atoms with Crippen molar-refractivity contribution in [2.24, 2.45) is 7.05 Å². The molecule has 2 aromatic rings. The number of aryl methyl sites for hydroxylation is 1. The summed E-state index contributed by atoms with van der Waals surface area (Å²) in [5.41, 5.74) is 2.51. The summed E-state index contributed by atoms with van der Waals surface area (Å²) in [4.78, 5) is 0.989. The fraction of sp³-hybridized carbons (Fsp3) is 0.231. The van der Waals surface area contributed by atoms with E-state index in [1.807, 2.05) is 43.8 Å². The zero-order valence-electron chi connectivity index (χ0n) is 10.3. The van der Waals surface area contributed by atoms with E-state index >= 15 is 0 Å². The summed E-state index contributed by atoms with van der Waals surface area (Å²) in [7, 11) is 1.89. The zero-order chi connectivity index (χ0) is 13.0. The van der Waals surface area contributed by atoms with Crippen LogP contribution in [0.2, 0.25) is 0 Å². The molecule has 0 aliphatic rings. The van der Waals surface area contributed by atoms with Crippen molar-refractivity contribution in [2.75, 3.05) is 11.6 Å². The van der Waals surface area contributed by atoms with Crippen LogP contribution in [0.1, 0.15) is 11.3 Å². The van der Waals surface area contributed by atoms with Crippen LogP contribution >= 0.6 is 11.8 Å². The number of nitrogens with zero attached hydrogens (tertiary/aromatic N) is 3. The Morgan fingerprint density at radius 1 is 1.44 bits per heavy atom. The monoisotopic (exact) mass is 258 g/mol. The molecule has 0 radical (unpaired) electrons. The van der Waals surface area contributed by atoms with Gasteiger partial charge in [-0.1, -0.05) is 6.07 Å². The van der Waals surface area contributed by atoms with E-state index in [0.29, 0.717) is 12.1 Å². The van der Waals surface area contributed by atoms with Crippen molar-refractivity contribution in [2.45, 2.75) is 11.4 Å². The van der Waals surface area contributed by atoms with Crippen LogP contribution in [0.3, 0.4) is 0 Å². The molecule has 5 heteroatoms. The van der Waals surface area contributed by atoms with E-state index in [2.05, 4.69) is 16.5 Å². The summed E-state index contributed by atoms with van der Waals surface area (Å²) in [6.07, 6.45) is 3.87. The van der Waals surface area contributed by atoms with E-state index in [9.17, 15) is 5.26 Å². The van der Waals surface area contributed by atoms with Gasteiger partial charge in [0, 0.05) is 18.1 Å². The molecule has 4 nitrogen and oxygen atoms in total. The Kier molecular flexibility index (Phi) is 3.90. The van der Waals surface area contributed by atoms with Crippen molar-refractivity contribution in [3.05, 3.63) is 41.7 Å². The lowest BCUT2D eigenvalue weighted by molar-refractivity contribution is 0.747. The number of benzene rings is 1. The first-order valence-corrected chi connectivity index (χ1v) is 6.76. The number of rotatable bonds is 4. The summed E-state index contributed by atoms with van der Waals surface area (Å²) in [5, 5.41) is 16.8. The molecule has 0 amide bonds. The molecule has 0 aliphatic carbocycles. The van der Waals surface area contributed by atoms with Gasteiger partial charge in [0.25, 0.3) is 0 Å². The van der Waals surface area contributed by atoms with Crippen molar-refractivity contribution >= 4 is 17.4 Å². The molecule has 1 aromatic carbocycles. The van der Waals surface area contributed by atoms with Gasteiger partial charge in [-0.15, -0.1) is 11.8 Å². The number of hydrogen-bond donors (Lipinski definition) is 1. The van der Waals surface area contributed by atoms with Crippen LogP contribution in [-0.4, -0.2) is 16.0 Å². The van der Waals surface area contributed by atoms with E-state index in [0.717, 1.165) is 16.3 Å². The molecule has 0 saturated carbocycles. The first-order chi connectivity index (χ1) is 8.74. The number of aromatic nitrogens is 2. The molecule has 1 heterocycles. The number of thioether (sulfide) groups is 1. The smallest absolute Gasteiger partial charge is 0.102 e. The molecule has 1 N–H and O–H groups in total. The Labute approximate surface area is 111 Å². The van der Waals surface area contributed by atoms with Crippen molar-refractivity contribution in [1.82, 2.24) is 9.78 Å². The highest BCUT2D eigenvalue weighted by Gasteiger charge is 2.07. The van der Waals surface area contributed by atoms with Crippen LogP contribution in [0.4, 0.5) is 5.69 Å². The van der Waals surface area contributed by atoms with Crippen LogP contribution in [0.5, 0.6) is 0 Å². The van der Waals surface area contributed by atoms with Crippen LogP contribution in [0.15, 0.2) is 35.4 Å². The normalized spacial score (nSPS) is 10.1. The standard InChI is InChI=1S/C13H14N4S/c1-17-7-6-10(16-17)9-15-12-4-3-5-13(18-2)11(12)8-14/h3-7,15H,9H2,1-2H3. The number of anilines is 1. The van der Waals surface area contributed by atoms with Crippen LogP contribution in [0.25, 0.3) is 0 Å². The molecular formula is C13H14N4S. The van der Waals surface area contributed by atoms with Gasteiger partial charge in [0.1, 0.15) is 6.07 Å². The molecule has 92 valence electrons. The van der Waals surface area contributed by atoms with Gasteiger partial charge in [-0.3, -0.25) is 4.68 Å². The lowest BCUT2D eigenvalue weighted by Gasteiger charge is -2.09. The van der Waals surface area contributed by atoms with E-state index in [-0.39, 0.29) is 0 Å². The minimum absolute atomic E-state index is 0.618. The Morgan fingerprint density at radius 3 is 2.89 bits per heavy atom. The second-order valence-corrected chi connectivity index (χ2v) is 4.68. The molecule has 0 unspecified atom stereocenters. The number of hydrogen-bond acceptors (Lipinski definition) is 4. The van der Waals surface area contributed by atoms with Gasteiger partial charge in [-0.05, 0) is 24.5 Å². The third-order valence-corrected chi connectivity index (χ3v) is 3.37. The molecule has 0 fully saturated rings. The molecule has 0 bridgehead atoms. The average molecular weight is 258 g/mol. The number of nitrogens with one attached hydrogen (secondary N) is 1. The van der Waals surface area contributed by atoms with E-state index in [4.69, 9.17) is 0 Å². The zero-order valence-corrected chi connectivity index (χ0v) is 11.2. The lowest BCUT2D eigenvalue weighted by atomic mass is 10.2. The van der Waals surface area contributed by atoms with Crippen molar-refractivity contribution in [1.29, 1.82) is 5.26 Å². The maximum Gasteiger partial charge on any atom is 0.102 e. The highest BCUT2D eigenvalue weighted by Crippen LogP contribution is 2.26. The predicted octanol–water partition coefficient (Wildman–Crippen LogP) is 2.63. The van der Waals surface area contributed by atoms with Gasteiger partial charge in [-0.25, -0.2) is 0 Å². The van der Waals surface area contributed by atoms with Crippen molar-refractivity contribution < 1.29 is 0 Å². The first-order valence-electron chi connectivity index (χ1n) is 5.54. The second-order valence-electron chi connectivity index (χ2n) is 3.83. The molecule has 0 atom stereocenters. The van der Waals surface area contributed by atoms with Crippen LogP contribution < -0.4 is 5.32 Å². The molecular weight excluding hydrogens is 244 g/mol. The van der Waals surface area contributed by atoms with Gasteiger partial charge >= 0.3 is 0 Å². The molecule has 0 saturated heterocycles. The summed E-state index contributed by atoms with van der Waals surface area (Å²) < 4.78 is 1.76. The third kappa shape index (κ3) is 2.66. The fourth-order valence-corrected chi connectivity index (χ4v) is 2.28. The van der Waals surface area contributed by atoms with Crippen LogP contribution in [-0.2, 0) is 13.6 Å². The molecule has 18 heavy (non-hydrogen) atoms. The molecule has 1 aromatic heterocycles. The Balaban J connectivity index is 2.17. The highest BCUT2D eigenvalue weighted by molar-refractivity contribution is 7.98. The van der Waals surface area contributed by atoms with Crippen LogP contribution in [0, 0.1) is 11.3 Å². The topological polar surface area (TPSA) is 53.6 Å². The summed E-state index contributed by atoms with van der Waals surface area (Å²) >= 11 is 1.58. The largest absolute Gasteiger partial charge is 0.378 e. The van der Waals surface area contributed by atoms with Gasteiger partial charge in [0.15, 0.2) is 0 Å². The minimum Gasteiger partial charge on any atom is -0.378 e. The molecule has 0 aliphatic heterocycles. The highest BCUT2D eigenvalue weighted by atomic mass is 32.2. The quantitative estimate of drug-likeness (QED) is 0.857. The Bertz CT molecular complexity index is 583. The van der Waals surface area contributed by atoms with Gasteiger partial charge < -0.3 is 5.32 Å². The van der Waals surface area contributed by atoms with Gasteiger partial charge in [0.2, 0.25) is 0 Å². The lowest BCUT2D eigenvalue weighted by Crippen LogP contribution is -2.03. The Morgan fingerprint density at radius 2 is 2.28 bits per heavy atom. The van der Waals surface area contributed by atoms with Gasteiger partial charge in [0.05, 0.1) is 23.5 Å². The fourth-order valence-electron chi connectivity index (χ4n) is 1.71. The maximum absolute atomic E-state index is 9.21. The van der Waals surface area contributed by atoms with Crippen molar-refractivity contribution in [3.63, 3.8) is 0 Å². The van der Waals surface area contributed by atoms with E-state index in [1.165, 1.54) is 0 Å². The summed E-state index contributed by atoms with van der Waals surface area (Å²) in [6, 6.07) is 10.0. The van der Waals surface area contributed by atoms with Gasteiger partial charge in [-0.2, -0.15) is 10.4 Å². The summed E-state index contributed by atoms with van der Waals surface area (Å²) in [6.45, 7) is 0.618. The average Bonchev–Trinajstić information content (AvgIpc) is 2.81. The summed E-state index contributed by atoms with van der Waals surface area (Å²) in [5.74, 6) is 0. The second kappa shape index (κ2) is 5.61. The predicted molar refractivity (Wildman–Crippen MR) is 73.5 cm³/mol. The van der Waals surface area contributed by atoms with Crippen molar-refractivity contribution in [3.8, 4) is 6.07 Å². The minimum atomic E-state index is 0.618. The first kappa shape index (κ1) is 12.5. The Hall–Kier alpha value is -1.93. The number of nitriles is 1. The molecule has 2 rings (SSSR count). The van der Waals surface area contributed by atoms with E-state index in [1.54, 1.807) is 16.4 Å². The maximum atomic E-state index is 9.21. The third-order valence-electron chi connectivity index (χ3n) is 2.59.